The summed E-state index contributed by atoms with van der Waals surface area (Å²) < 4.78 is 9.86. The van der Waals surface area contributed by atoms with Gasteiger partial charge in [0.15, 0.2) is 0 Å². The second-order valence-electron chi connectivity index (χ2n) is 11.9. The van der Waals surface area contributed by atoms with E-state index in [1.807, 2.05) is 30.2 Å². The number of ether oxygens (including phenoxy) is 1. The van der Waals surface area contributed by atoms with E-state index in [0.717, 1.165) is 90.7 Å². The van der Waals surface area contributed by atoms with E-state index in [0.29, 0.717) is 30.8 Å². The number of hydrogen-bond donors (Lipinski definition) is 2. The summed E-state index contributed by atoms with van der Waals surface area (Å²) >= 11 is 0. The van der Waals surface area contributed by atoms with E-state index in [1.54, 1.807) is 11.6 Å². The third kappa shape index (κ3) is 5.35. The molecule has 10 nitrogen and oxygen atoms in total. The molecule has 3 N–H and O–H groups in total. The minimum Gasteiger partial charge on any atom is -0.494 e. The van der Waals surface area contributed by atoms with Crippen LogP contribution in [0.15, 0.2) is 30.5 Å². The topological polar surface area (TPSA) is 120 Å². The predicted molar refractivity (Wildman–Crippen MR) is 163 cm³/mol. The van der Waals surface area contributed by atoms with E-state index >= 15 is 0 Å². The Kier molecular flexibility index (Phi) is 7.90. The largest absolute Gasteiger partial charge is 0.494 e. The number of nitrogens with one attached hydrogen (secondary N) is 1. The van der Waals surface area contributed by atoms with Crippen molar-refractivity contribution in [3.05, 3.63) is 47.3 Å². The van der Waals surface area contributed by atoms with Gasteiger partial charge in [-0.1, -0.05) is 19.3 Å². The lowest BCUT2D eigenvalue weighted by atomic mass is 10.1. The Morgan fingerprint density at radius 2 is 1.90 bits per heavy atom. The van der Waals surface area contributed by atoms with Gasteiger partial charge in [0.2, 0.25) is 5.91 Å². The van der Waals surface area contributed by atoms with Gasteiger partial charge in [-0.2, -0.15) is 5.10 Å². The molecule has 2 atom stereocenters. The minimum absolute atomic E-state index is 0.00464. The van der Waals surface area contributed by atoms with Crippen LogP contribution in [0.25, 0.3) is 27.9 Å². The molecule has 0 spiro atoms. The highest BCUT2D eigenvalue weighted by Crippen LogP contribution is 2.35. The molecule has 4 aromatic heterocycles. The van der Waals surface area contributed by atoms with Gasteiger partial charge in [-0.3, -0.25) is 9.59 Å². The SMILES string of the molecule is COc1cc(C(=O)N2CCC[C@@H](N)C2)cn2nc(-c3cc4ccc5nc4n3CCCCCCCC(=O)N[C@@H]5C)c(C)c12. The van der Waals surface area contributed by atoms with Gasteiger partial charge in [0.25, 0.3) is 5.91 Å². The van der Waals surface area contributed by atoms with Crippen LogP contribution < -0.4 is 15.8 Å². The van der Waals surface area contributed by atoms with Gasteiger partial charge >= 0.3 is 0 Å². The van der Waals surface area contributed by atoms with Crippen molar-refractivity contribution in [1.82, 2.24) is 29.4 Å². The van der Waals surface area contributed by atoms with E-state index in [9.17, 15) is 9.59 Å². The van der Waals surface area contributed by atoms with Crippen molar-refractivity contribution in [3.63, 3.8) is 0 Å². The summed E-state index contributed by atoms with van der Waals surface area (Å²) in [7, 11) is 1.63. The first-order valence-corrected chi connectivity index (χ1v) is 15.3. The van der Waals surface area contributed by atoms with Crippen molar-refractivity contribution in [3.8, 4) is 17.1 Å². The van der Waals surface area contributed by atoms with E-state index in [-0.39, 0.29) is 23.9 Å². The molecular formula is C32H41N7O3. The van der Waals surface area contributed by atoms with Gasteiger partial charge in [0.1, 0.15) is 22.6 Å². The number of hydrogen-bond acceptors (Lipinski definition) is 6. The number of carbonyl (C=O) groups is 2. The molecule has 1 fully saturated rings. The van der Waals surface area contributed by atoms with Crippen LogP contribution >= 0.6 is 0 Å². The Bertz CT molecular complexity index is 1640. The van der Waals surface area contributed by atoms with Crippen LogP contribution in [-0.2, 0) is 11.3 Å². The van der Waals surface area contributed by atoms with Crippen molar-refractivity contribution in [1.29, 1.82) is 0 Å². The highest BCUT2D eigenvalue weighted by Gasteiger charge is 2.26. The summed E-state index contributed by atoms with van der Waals surface area (Å²) in [5, 5.41) is 9.18. The summed E-state index contributed by atoms with van der Waals surface area (Å²) in [6, 6.07) is 7.87. The van der Waals surface area contributed by atoms with Crippen LogP contribution in [0.3, 0.4) is 0 Å². The molecule has 6 heterocycles. The van der Waals surface area contributed by atoms with Crippen molar-refractivity contribution < 1.29 is 14.3 Å². The van der Waals surface area contributed by atoms with Crippen molar-refractivity contribution >= 4 is 28.4 Å². The Morgan fingerprint density at radius 1 is 1.10 bits per heavy atom. The maximum atomic E-state index is 13.5. The Hall–Kier alpha value is -3.92. The van der Waals surface area contributed by atoms with Gasteiger partial charge in [-0.15, -0.1) is 0 Å². The number of fused-ring (bicyclic) bond motifs is 2. The van der Waals surface area contributed by atoms with Crippen LogP contribution in [0.1, 0.15) is 85.9 Å². The first-order valence-electron chi connectivity index (χ1n) is 15.3. The average Bonchev–Trinajstić information content (AvgIpc) is 3.51. The highest BCUT2D eigenvalue weighted by atomic mass is 16.5. The standard InChI is InChI=1S/C32H41N7O3/c1-20-29(36-39-18-23(17-27(42-3)30(20)39)32(41)37-14-9-10-24(33)19-37)26-16-22-12-13-25-21(2)34-28(40)11-7-5-4-6-8-15-38(26)31(22)35-25/h12-13,16-18,21,24H,4-11,14-15,19,33H2,1-3H3,(H,34,40)/t21-,24-/m1/s1. The molecule has 0 aromatic carbocycles. The molecule has 2 aliphatic heterocycles. The number of aromatic nitrogens is 4. The molecule has 0 unspecified atom stereocenters. The summed E-state index contributed by atoms with van der Waals surface area (Å²) in [4.78, 5) is 32.8. The fourth-order valence-corrected chi connectivity index (χ4v) is 6.46. The molecule has 4 aromatic rings. The lowest BCUT2D eigenvalue weighted by Crippen LogP contribution is -2.45. The first-order chi connectivity index (χ1) is 20.3. The quantitative estimate of drug-likeness (QED) is 0.366. The third-order valence-corrected chi connectivity index (χ3v) is 8.76. The van der Waals surface area contributed by atoms with Gasteiger partial charge in [0.05, 0.1) is 30.1 Å². The van der Waals surface area contributed by atoms with Gasteiger partial charge in [-0.25, -0.2) is 9.50 Å². The number of nitrogens with zero attached hydrogens (tertiary/aromatic N) is 5. The second kappa shape index (κ2) is 11.8. The molecule has 0 radical (unpaired) electrons. The average molecular weight is 572 g/mol. The zero-order valence-electron chi connectivity index (χ0n) is 24.9. The lowest BCUT2D eigenvalue weighted by Gasteiger charge is -2.30. The van der Waals surface area contributed by atoms with Crippen LogP contribution in [-0.4, -0.2) is 62.1 Å². The smallest absolute Gasteiger partial charge is 0.255 e. The number of likely N-dealkylation sites (tertiary alicyclic amines) is 1. The van der Waals surface area contributed by atoms with Crippen LogP contribution in [0.5, 0.6) is 5.75 Å². The van der Waals surface area contributed by atoms with Crippen molar-refractivity contribution in [2.75, 3.05) is 20.2 Å². The maximum Gasteiger partial charge on any atom is 0.255 e. The molecule has 0 saturated carbocycles. The van der Waals surface area contributed by atoms with Crippen molar-refractivity contribution in [2.24, 2.45) is 5.73 Å². The van der Waals surface area contributed by atoms with E-state index in [2.05, 4.69) is 28.9 Å². The van der Waals surface area contributed by atoms with E-state index in [4.69, 9.17) is 20.6 Å². The second-order valence-corrected chi connectivity index (χ2v) is 11.9. The van der Waals surface area contributed by atoms with Crippen LogP contribution in [0.2, 0.25) is 0 Å². The number of nitrogens with two attached hydrogens (primary N) is 1. The van der Waals surface area contributed by atoms with Gasteiger partial charge < -0.3 is 25.3 Å². The molecule has 2 aliphatic rings. The molecule has 6 rings (SSSR count). The number of carbonyl (C=O) groups excluding carboxylic acids is 2. The molecule has 2 bridgehead atoms. The zero-order valence-corrected chi connectivity index (χ0v) is 24.9. The third-order valence-electron chi connectivity index (χ3n) is 8.76. The molecule has 42 heavy (non-hydrogen) atoms. The molecule has 1 saturated heterocycles. The van der Waals surface area contributed by atoms with E-state index < -0.39 is 0 Å². The molecule has 2 amide bonds. The number of pyridine rings is 2. The molecule has 10 heteroatoms. The van der Waals surface area contributed by atoms with E-state index in [1.165, 1.54) is 0 Å². The number of piperidine rings is 1. The Morgan fingerprint density at radius 3 is 2.71 bits per heavy atom. The first kappa shape index (κ1) is 28.2. The van der Waals surface area contributed by atoms with Crippen LogP contribution in [0.4, 0.5) is 0 Å². The highest BCUT2D eigenvalue weighted by molar-refractivity contribution is 5.96. The lowest BCUT2D eigenvalue weighted by molar-refractivity contribution is -0.121. The van der Waals surface area contributed by atoms with Gasteiger partial charge in [-0.05, 0) is 63.8 Å². The summed E-state index contributed by atoms with van der Waals surface area (Å²) in [5.41, 5.74) is 12.1. The Balaban J connectivity index is 1.44. The molecule has 222 valence electrons. The van der Waals surface area contributed by atoms with Crippen LogP contribution in [0, 0.1) is 6.92 Å². The number of aryl methyl sites for hydroxylation is 2. The molecular weight excluding hydrogens is 530 g/mol. The zero-order chi connectivity index (χ0) is 29.4. The summed E-state index contributed by atoms with van der Waals surface area (Å²) in [6.45, 7) is 6.12. The number of methoxy groups -OCH3 is 1. The number of amides is 2. The number of rotatable bonds is 3. The normalized spacial score (nSPS) is 20.6. The monoisotopic (exact) mass is 571 g/mol. The Labute approximate surface area is 246 Å². The predicted octanol–water partition coefficient (Wildman–Crippen LogP) is 4.76. The summed E-state index contributed by atoms with van der Waals surface area (Å²) in [5.74, 6) is 0.633. The minimum atomic E-state index is -0.178. The van der Waals surface area contributed by atoms with Crippen molar-refractivity contribution in [2.45, 2.75) is 83.8 Å². The molecule has 0 aliphatic carbocycles. The maximum absolute atomic E-state index is 13.5. The summed E-state index contributed by atoms with van der Waals surface area (Å²) in [6.07, 6.45) is 9.36. The fraction of sp³-hybridized carbons (Fsp3) is 0.500. The fourth-order valence-electron chi connectivity index (χ4n) is 6.46. The van der Waals surface area contributed by atoms with Gasteiger partial charge in [0, 0.05) is 49.2 Å².